The highest BCUT2D eigenvalue weighted by molar-refractivity contribution is 7.98. The number of hydrogen-bond donors (Lipinski definition) is 2. The van der Waals surface area contributed by atoms with Crippen LogP contribution in [0.1, 0.15) is 40.2 Å². The van der Waals surface area contributed by atoms with E-state index in [0.717, 1.165) is 5.75 Å². The average Bonchev–Trinajstić information content (AvgIpc) is 3.32. The SMILES string of the molecule is CSCCC(NC(=O)c1ccccc1)C(=O)NC1CCN(C(=O)c2ccco2)CC1. The molecule has 8 heteroatoms. The Morgan fingerprint density at radius 3 is 2.50 bits per heavy atom. The molecule has 1 aromatic heterocycles. The zero-order valence-electron chi connectivity index (χ0n) is 17.0. The minimum Gasteiger partial charge on any atom is -0.459 e. The maximum atomic E-state index is 12.9. The fourth-order valence-corrected chi connectivity index (χ4v) is 3.89. The Labute approximate surface area is 180 Å². The molecular weight excluding hydrogens is 402 g/mol. The van der Waals surface area contributed by atoms with E-state index in [1.807, 2.05) is 12.3 Å². The second-order valence-corrected chi connectivity index (χ2v) is 8.21. The lowest BCUT2D eigenvalue weighted by Gasteiger charge is -2.32. The van der Waals surface area contributed by atoms with Gasteiger partial charge in [0.15, 0.2) is 5.76 Å². The van der Waals surface area contributed by atoms with Gasteiger partial charge < -0.3 is 20.0 Å². The maximum Gasteiger partial charge on any atom is 0.289 e. The molecule has 1 aliphatic heterocycles. The molecule has 1 fully saturated rings. The Morgan fingerprint density at radius 1 is 1.13 bits per heavy atom. The Balaban J connectivity index is 1.53. The summed E-state index contributed by atoms with van der Waals surface area (Å²) in [5, 5.41) is 5.92. The summed E-state index contributed by atoms with van der Waals surface area (Å²) in [6.45, 7) is 1.10. The molecule has 0 spiro atoms. The molecule has 3 rings (SSSR count). The van der Waals surface area contributed by atoms with Crippen LogP contribution in [-0.4, -0.2) is 59.8 Å². The highest BCUT2D eigenvalue weighted by atomic mass is 32.2. The smallest absolute Gasteiger partial charge is 0.289 e. The first-order chi connectivity index (χ1) is 14.6. The largest absolute Gasteiger partial charge is 0.459 e. The summed E-state index contributed by atoms with van der Waals surface area (Å²) in [5.74, 6) is 0.541. The number of rotatable bonds is 8. The lowest BCUT2D eigenvalue weighted by molar-refractivity contribution is -0.124. The van der Waals surface area contributed by atoms with E-state index in [-0.39, 0.29) is 23.8 Å². The van der Waals surface area contributed by atoms with Crippen LogP contribution < -0.4 is 10.6 Å². The van der Waals surface area contributed by atoms with Crippen molar-refractivity contribution in [1.82, 2.24) is 15.5 Å². The van der Waals surface area contributed by atoms with E-state index < -0.39 is 6.04 Å². The van der Waals surface area contributed by atoms with Gasteiger partial charge in [0.25, 0.3) is 11.8 Å². The molecule has 1 aliphatic rings. The Bertz CT molecular complexity index is 833. The van der Waals surface area contributed by atoms with Gasteiger partial charge in [-0.3, -0.25) is 14.4 Å². The number of carbonyl (C=O) groups is 3. The van der Waals surface area contributed by atoms with Crippen molar-refractivity contribution < 1.29 is 18.8 Å². The van der Waals surface area contributed by atoms with Gasteiger partial charge in [0.1, 0.15) is 6.04 Å². The van der Waals surface area contributed by atoms with Crippen LogP contribution in [0.4, 0.5) is 0 Å². The van der Waals surface area contributed by atoms with Crippen LogP contribution in [0.15, 0.2) is 53.1 Å². The lowest BCUT2D eigenvalue weighted by Crippen LogP contribution is -2.52. The molecule has 0 radical (unpaired) electrons. The second-order valence-electron chi connectivity index (χ2n) is 7.23. The first-order valence-corrected chi connectivity index (χ1v) is 11.5. The first kappa shape index (κ1) is 22.0. The van der Waals surface area contributed by atoms with Gasteiger partial charge in [-0.05, 0) is 55.5 Å². The number of piperidine rings is 1. The summed E-state index contributed by atoms with van der Waals surface area (Å²) in [5.41, 5.74) is 0.532. The van der Waals surface area contributed by atoms with Gasteiger partial charge in [0.2, 0.25) is 5.91 Å². The fourth-order valence-electron chi connectivity index (χ4n) is 3.42. The van der Waals surface area contributed by atoms with Crippen molar-refractivity contribution in [3.8, 4) is 0 Å². The first-order valence-electron chi connectivity index (χ1n) is 10.1. The lowest BCUT2D eigenvalue weighted by atomic mass is 10.0. The summed E-state index contributed by atoms with van der Waals surface area (Å²) >= 11 is 1.63. The van der Waals surface area contributed by atoms with Crippen LogP contribution in [0.2, 0.25) is 0 Å². The van der Waals surface area contributed by atoms with Crippen LogP contribution in [-0.2, 0) is 4.79 Å². The van der Waals surface area contributed by atoms with Gasteiger partial charge in [-0.1, -0.05) is 18.2 Å². The molecule has 160 valence electrons. The number of nitrogens with one attached hydrogen (secondary N) is 2. The summed E-state index contributed by atoms with van der Waals surface area (Å²) in [7, 11) is 0. The van der Waals surface area contributed by atoms with Crippen LogP contribution in [0.25, 0.3) is 0 Å². The molecule has 2 aromatic rings. The van der Waals surface area contributed by atoms with E-state index in [4.69, 9.17) is 4.42 Å². The molecule has 30 heavy (non-hydrogen) atoms. The molecule has 2 N–H and O–H groups in total. The predicted molar refractivity (Wildman–Crippen MR) is 116 cm³/mol. The minimum absolute atomic E-state index is 0.0245. The third-order valence-electron chi connectivity index (χ3n) is 5.13. The summed E-state index contributed by atoms with van der Waals surface area (Å²) < 4.78 is 5.18. The van der Waals surface area contributed by atoms with Gasteiger partial charge in [-0.15, -0.1) is 0 Å². The minimum atomic E-state index is -0.590. The van der Waals surface area contributed by atoms with Crippen molar-refractivity contribution >= 4 is 29.5 Å². The number of hydrogen-bond acceptors (Lipinski definition) is 5. The molecular formula is C22H27N3O4S. The zero-order chi connectivity index (χ0) is 21.3. The third-order valence-corrected chi connectivity index (χ3v) is 5.77. The summed E-state index contributed by atoms with van der Waals surface area (Å²) in [4.78, 5) is 39.5. The maximum absolute atomic E-state index is 12.9. The third kappa shape index (κ3) is 5.89. The van der Waals surface area contributed by atoms with E-state index in [0.29, 0.717) is 43.7 Å². The van der Waals surface area contributed by atoms with E-state index in [1.54, 1.807) is 53.1 Å². The quantitative estimate of drug-likeness (QED) is 0.673. The highest BCUT2D eigenvalue weighted by Crippen LogP contribution is 2.15. The van der Waals surface area contributed by atoms with E-state index in [1.165, 1.54) is 6.26 Å². The monoisotopic (exact) mass is 429 g/mol. The Hall–Kier alpha value is -2.74. The number of nitrogens with zero attached hydrogens (tertiary/aromatic N) is 1. The van der Waals surface area contributed by atoms with Crippen molar-refractivity contribution in [2.24, 2.45) is 0 Å². The van der Waals surface area contributed by atoms with Crippen LogP contribution in [0, 0.1) is 0 Å². The van der Waals surface area contributed by atoms with Crippen LogP contribution in [0.5, 0.6) is 0 Å². The molecule has 2 heterocycles. The molecule has 3 amide bonds. The van der Waals surface area contributed by atoms with E-state index in [2.05, 4.69) is 10.6 Å². The van der Waals surface area contributed by atoms with Gasteiger partial charge in [0.05, 0.1) is 6.26 Å². The molecule has 1 aromatic carbocycles. The topological polar surface area (TPSA) is 91.7 Å². The van der Waals surface area contributed by atoms with Gasteiger partial charge in [-0.2, -0.15) is 11.8 Å². The molecule has 0 bridgehead atoms. The Morgan fingerprint density at radius 2 is 1.87 bits per heavy atom. The number of amides is 3. The normalized spacial score (nSPS) is 15.4. The number of furan rings is 1. The van der Waals surface area contributed by atoms with Crippen LogP contribution in [0.3, 0.4) is 0 Å². The summed E-state index contributed by atoms with van der Waals surface area (Å²) in [6, 6.07) is 11.6. The standard InChI is InChI=1S/C22H27N3O4S/c1-30-15-11-18(24-20(26)16-6-3-2-4-7-16)21(27)23-17-9-12-25(13-10-17)22(28)19-8-5-14-29-19/h2-8,14,17-18H,9-13,15H2,1H3,(H,23,27)(H,24,26). The predicted octanol–water partition coefficient (Wildman–Crippen LogP) is 2.55. The number of carbonyl (C=O) groups excluding carboxylic acids is 3. The Kier molecular flexibility index (Phi) is 7.96. The molecule has 1 atom stereocenters. The van der Waals surface area contributed by atoms with Gasteiger partial charge in [-0.25, -0.2) is 0 Å². The highest BCUT2D eigenvalue weighted by Gasteiger charge is 2.28. The van der Waals surface area contributed by atoms with Crippen molar-refractivity contribution in [3.63, 3.8) is 0 Å². The zero-order valence-corrected chi connectivity index (χ0v) is 17.8. The van der Waals surface area contributed by atoms with Crippen molar-refractivity contribution in [1.29, 1.82) is 0 Å². The molecule has 1 unspecified atom stereocenters. The summed E-state index contributed by atoms with van der Waals surface area (Å²) in [6.07, 6.45) is 5.35. The fraction of sp³-hybridized carbons (Fsp3) is 0.409. The van der Waals surface area contributed by atoms with Gasteiger partial charge in [0, 0.05) is 24.7 Å². The molecule has 0 aliphatic carbocycles. The molecule has 1 saturated heterocycles. The number of benzene rings is 1. The van der Waals surface area contributed by atoms with Gasteiger partial charge >= 0.3 is 0 Å². The van der Waals surface area contributed by atoms with Crippen LogP contribution >= 0.6 is 11.8 Å². The average molecular weight is 430 g/mol. The van der Waals surface area contributed by atoms with Crippen molar-refractivity contribution in [2.75, 3.05) is 25.1 Å². The number of thioether (sulfide) groups is 1. The number of likely N-dealkylation sites (tertiary alicyclic amines) is 1. The van der Waals surface area contributed by atoms with Crippen molar-refractivity contribution in [2.45, 2.75) is 31.3 Å². The molecule has 7 nitrogen and oxygen atoms in total. The van der Waals surface area contributed by atoms with E-state index in [9.17, 15) is 14.4 Å². The second kappa shape index (κ2) is 10.9. The van der Waals surface area contributed by atoms with Crippen molar-refractivity contribution in [3.05, 3.63) is 60.1 Å². The molecule has 0 saturated carbocycles. The van der Waals surface area contributed by atoms with E-state index >= 15 is 0 Å².